The number of hydrogen-bond acceptors (Lipinski definition) is 3. The molecule has 0 unspecified atom stereocenters. The predicted octanol–water partition coefficient (Wildman–Crippen LogP) is 1.74. The Morgan fingerprint density at radius 2 is 1.44 bits per heavy atom. The molecule has 0 atom stereocenters. The second kappa shape index (κ2) is 20.9. The van der Waals surface area contributed by atoms with E-state index in [1.54, 1.807) is 13.8 Å². The molecule has 3 nitrogen and oxygen atoms in total. The maximum atomic E-state index is 7.57. The van der Waals surface area contributed by atoms with Gasteiger partial charge in [-0.05, 0) is 26.7 Å². The van der Waals surface area contributed by atoms with Crippen molar-refractivity contribution in [2.75, 3.05) is 19.8 Å². The fraction of sp³-hybridized carbons (Fsp3) is 0.917. The van der Waals surface area contributed by atoms with Gasteiger partial charge in [-0.3, -0.25) is 0 Å². The third-order valence-electron chi connectivity index (χ3n) is 2.04. The van der Waals surface area contributed by atoms with Gasteiger partial charge < -0.3 is 22.5 Å². The van der Waals surface area contributed by atoms with Crippen molar-refractivity contribution in [3.8, 4) is 0 Å². The van der Waals surface area contributed by atoms with Crippen molar-refractivity contribution in [1.29, 1.82) is 0 Å². The molecule has 0 aromatic carbocycles. The summed E-state index contributed by atoms with van der Waals surface area (Å²) in [6.45, 7) is 8.52. The summed E-state index contributed by atoms with van der Waals surface area (Å²) in [7, 11) is 0. The van der Waals surface area contributed by atoms with Gasteiger partial charge in [0.1, 0.15) is 0 Å². The minimum atomic E-state index is 0. The second-order valence-electron chi connectivity index (χ2n) is 3.42. The van der Waals surface area contributed by atoms with Crippen LogP contribution in [0.4, 0.5) is 0 Å². The van der Waals surface area contributed by atoms with Crippen LogP contribution >= 0.6 is 0 Å². The van der Waals surface area contributed by atoms with Crippen LogP contribution in [-0.2, 0) is 21.7 Å². The number of hydrogen-bond donors (Lipinski definition) is 3. The summed E-state index contributed by atoms with van der Waals surface area (Å²) >= 11 is 0. The number of nitrogens with one attached hydrogen (secondary N) is 1. The third kappa shape index (κ3) is 20.1. The van der Waals surface area contributed by atoms with Crippen LogP contribution in [0.15, 0.2) is 0 Å². The van der Waals surface area contributed by atoms with E-state index in [-0.39, 0.29) is 34.9 Å². The Morgan fingerprint density at radius 1 is 1.06 bits per heavy atom. The van der Waals surface area contributed by atoms with Gasteiger partial charge in [-0.1, -0.05) is 19.3 Å². The molecule has 1 aliphatic carbocycles. The molecule has 0 amide bonds. The Hall–Kier alpha value is 0.594. The van der Waals surface area contributed by atoms with E-state index in [1.165, 1.54) is 32.1 Å². The molecule has 3 N–H and O–H groups in total. The van der Waals surface area contributed by atoms with Crippen LogP contribution in [0, 0.1) is 6.92 Å². The van der Waals surface area contributed by atoms with Crippen molar-refractivity contribution in [1.82, 2.24) is 5.32 Å². The maximum absolute atomic E-state index is 7.57. The maximum Gasteiger partial charge on any atom is 0.0402 e. The normalized spacial score (nSPS) is 14.8. The van der Waals surface area contributed by atoms with Gasteiger partial charge in [-0.2, -0.15) is 0 Å². The van der Waals surface area contributed by atoms with E-state index in [0.29, 0.717) is 0 Å². The molecular formula is C12H28NO2Ti-. The van der Waals surface area contributed by atoms with E-state index < -0.39 is 0 Å². The number of aliphatic hydroxyl groups excluding tert-OH is 2. The molecule has 1 saturated carbocycles. The summed E-state index contributed by atoms with van der Waals surface area (Å²) in [4.78, 5) is 0. The van der Waals surface area contributed by atoms with Crippen LogP contribution in [0.2, 0.25) is 0 Å². The number of aliphatic hydroxyl groups is 2. The first-order chi connectivity index (χ1) is 7.26. The topological polar surface area (TPSA) is 52.5 Å². The smallest absolute Gasteiger partial charge is 0.0402 e. The summed E-state index contributed by atoms with van der Waals surface area (Å²) in [5, 5.41) is 18.5. The fourth-order valence-electron chi connectivity index (χ4n) is 1.51. The second-order valence-corrected chi connectivity index (χ2v) is 3.42. The molecule has 16 heavy (non-hydrogen) atoms. The summed E-state index contributed by atoms with van der Waals surface area (Å²) in [6.07, 6.45) is 7.01. The Labute approximate surface area is 116 Å². The van der Waals surface area contributed by atoms with Crippen LogP contribution in [0.1, 0.15) is 46.0 Å². The molecule has 0 aromatic rings. The van der Waals surface area contributed by atoms with Crippen molar-refractivity contribution >= 4 is 0 Å². The van der Waals surface area contributed by atoms with Gasteiger partial charge in [0.05, 0.1) is 0 Å². The molecule has 0 spiro atoms. The van der Waals surface area contributed by atoms with Crippen LogP contribution in [0.5, 0.6) is 0 Å². The van der Waals surface area contributed by atoms with E-state index in [0.717, 1.165) is 12.6 Å². The first-order valence-electron chi connectivity index (χ1n) is 6.01. The Balaban J connectivity index is -0.000000207. The quantitative estimate of drug-likeness (QED) is 0.527. The monoisotopic (exact) mass is 266 g/mol. The average molecular weight is 266 g/mol. The fourth-order valence-corrected chi connectivity index (χ4v) is 1.51. The predicted molar refractivity (Wildman–Crippen MR) is 65.8 cm³/mol. The van der Waals surface area contributed by atoms with Crippen LogP contribution in [0.25, 0.3) is 0 Å². The summed E-state index contributed by atoms with van der Waals surface area (Å²) in [6, 6.07) is 0.788. The molecule has 0 radical (unpaired) electrons. The van der Waals surface area contributed by atoms with Gasteiger partial charge >= 0.3 is 0 Å². The number of rotatable bonds is 2. The van der Waals surface area contributed by atoms with E-state index in [1.807, 2.05) is 0 Å². The first kappa shape index (κ1) is 21.8. The SMILES string of the molecule is CCO.CCO.[CH2-]CNC1CCCCC1.[Ti]. The van der Waals surface area contributed by atoms with E-state index in [4.69, 9.17) is 10.2 Å². The average Bonchev–Trinajstić information content (AvgIpc) is 2.22. The van der Waals surface area contributed by atoms with Crippen LogP contribution in [-0.4, -0.2) is 36.0 Å². The molecule has 1 aliphatic rings. The molecule has 1 rings (SSSR count). The minimum absolute atomic E-state index is 0. The molecule has 0 aromatic heterocycles. The van der Waals surface area contributed by atoms with Crippen molar-refractivity contribution in [3.05, 3.63) is 6.92 Å². The van der Waals surface area contributed by atoms with Gasteiger partial charge in [0, 0.05) is 41.0 Å². The Morgan fingerprint density at radius 3 is 1.75 bits per heavy atom. The molecule has 98 valence electrons. The van der Waals surface area contributed by atoms with Gasteiger partial charge in [0.15, 0.2) is 0 Å². The van der Waals surface area contributed by atoms with Crippen molar-refractivity contribution in [2.45, 2.75) is 52.0 Å². The van der Waals surface area contributed by atoms with Crippen molar-refractivity contribution in [3.63, 3.8) is 0 Å². The molecule has 0 aliphatic heterocycles. The molecule has 0 saturated heterocycles. The third-order valence-corrected chi connectivity index (χ3v) is 2.04. The van der Waals surface area contributed by atoms with E-state index in [2.05, 4.69) is 12.2 Å². The van der Waals surface area contributed by atoms with Crippen LogP contribution < -0.4 is 5.32 Å². The summed E-state index contributed by atoms with van der Waals surface area (Å²) in [5.74, 6) is 0. The van der Waals surface area contributed by atoms with Crippen molar-refractivity contribution < 1.29 is 31.9 Å². The van der Waals surface area contributed by atoms with E-state index in [9.17, 15) is 0 Å². The summed E-state index contributed by atoms with van der Waals surface area (Å²) in [5.41, 5.74) is 0. The molecule has 0 heterocycles. The standard InChI is InChI=1S/C8H16N.2C2H6O.Ti/c1-2-9-8-6-4-3-5-7-8;2*1-2-3;/h8-9H,1-7H2;2*3H,2H2,1H3;/q-1;;;. The van der Waals surface area contributed by atoms with Gasteiger partial charge in [-0.25, -0.2) is 0 Å². The van der Waals surface area contributed by atoms with Crippen LogP contribution in [0.3, 0.4) is 0 Å². The first-order valence-corrected chi connectivity index (χ1v) is 6.01. The van der Waals surface area contributed by atoms with Crippen molar-refractivity contribution in [2.24, 2.45) is 0 Å². The summed E-state index contributed by atoms with van der Waals surface area (Å²) < 4.78 is 0. The zero-order valence-corrected chi connectivity index (χ0v) is 12.4. The zero-order valence-electron chi connectivity index (χ0n) is 10.8. The Kier molecular flexibility index (Phi) is 28.6. The molecule has 0 bridgehead atoms. The van der Waals surface area contributed by atoms with Gasteiger partial charge in [-0.15, -0.1) is 6.54 Å². The zero-order chi connectivity index (χ0) is 11.9. The van der Waals surface area contributed by atoms with E-state index >= 15 is 0 Å². The minimum Gasteiger partial charge on any atom is -0.397 e. The largest absolute Gasteiger partial charge is 0.397 e. The molecule has 4 heteroatoms. The Bertz CT molecular complexity index is 94.3. The molecule has 1 fully saturated rings. The van der Waals surface area contributed by atoms with Gasteiger partial charge in [0.25, 0.3) is 0 Å². The molecular weight excluding hydrogens is 238 g/mol. The van der Waals surface area contributed by atoms with Gasteiger partial charge in [0.2, 0.25) is 0 Å².